The van der Waals surface area contributed by atoms with Gasteiger partial charge in [0.25, 0.3) is 0 Å². The summed E-state index contributed by atoms with van der Waals surface area (Å²) in [7, 11) is 1.46. The molecule has 12 heteroatoms. The van der Waals surface area contributed by atoms with Gasteiger partial charge < -0.3 is 9.84 Å². The number of aromatic nitrogens is 6. The van der Waals surface area contributed by atoms with Gasteiger partial charge in [0.15, 0.2) is 0 Å². The Kier molecular flexibility index (Phi) is 6.08. The lowest BCUT2D eigenvalue weighted by atomic mass is 10.00. The average Bonchev–Trinajstić information content (AvgIpc) is 3.21. The average molecular weight is 509 g/mol. The molecule has 0 fully saturated rings. The highest BCUT2D eigenvalue weighted by molar-refractivity contribution is 6.30. The molecule has 0 spiro atoms. The summed E-state index contributed by atoms with van der Waals surface area (Å²) in [5.41, 5.74) is 9.05. The summed E-state index contributed by atoms with van der Waals surface area (Å²) in [6, 6.07) is 12.5. The molecular formula is C24H20ClFN7O3+. The molecule has 5 aromatic rings. The van der Waals surface area contributed by atoms with Crippen molar-refractivity contribution in [2.24, 2.45) is 0 Å². The lowest BCUT2D eigenvalue weighted by Crippen LogP contribution is -2.28. The third kappa shape index (κ3) is 4.25. The highest BCUT2D eigenvalue weighted by Gasteiger charge is 2.26. The second-order valence-electron chi connectivity index (χ2n) is 7.88. The number of ether oxygens (including phenoxy) is 1. The van der Waals surface area contributed by atoms with Crippen LogP contribution in [0.25, 0.3) is 28.0 Å². The van der Waals surface area contributed by atoms with E-state index in [1.165, 1.54) is 34.5 Å². The number of anilines is 1. The largest absolute Gasteiger partial charge is 0.481 e. The van der Waals surface area contributed by atoms with Crippen LogP contribution in [0.2, 0.25) is 5.02 Å². The van der Waals surface area contributed by atoms with Gasteiger partial charge in [-0.1, -0.05) is 11.6 Å². The van der Waals surface area contributed by atoms with E-state index in [4.69, 9.17) is 22.1 Å². The maximum atomic E-state index is 13.7. The molecule has 0 bridgehead atoms. The maximum Gasteiger partial charge on any atom is 0.411 e. The zero-order valence-corrected chi connectivity index (χ0v) is 19.7. The van der Waals surface area contributed by atoms with Crippen molar-refractivity contribution in [1.29, 1.82) is 0 Å². The number of aromatic amines is 1. The predicted octanol–water partition coefficient (Wildman–Crippen LogP) is 2.36. The first-order chi connectivity index (χ1) is 17.4. The van der Waals surface area contributed by atoms with Crippen molar-refractivity contribution in [3.63, 3.8) is 0 Å². The van der Waals surface area contributed by atoms with Gasteiger partial charge in [-0.05, 0) is 48.0 Å². The van der Waals surface area contributed by atoms with E-state index in [-0.39, 0.29) is 30.6 Å². The summed E-state index contributed by atoms with van der Waals surface area (Å²) in [5.74, 6) is -0.126. The molecule has 0 saturated heterocycles. The van der Waals surface area contributed by atoms with Crippen LogP contribution in [0.3, 0.4) is 0 Å². The van der Waals surface area contributed by atoms with Gasteiger partial charge in [-0.3, -0.25) is 10.7 Å². The lowest BCUT2D eigenvalue weighted by Gasteiger charge is -2.11. The van der Waals surface area contributed by atoms with Gasteiger partial charge in [0.05, 0.1) is 42.2 Å². The number of halogens is 2. The number of nitrogens with one attached hydrogen (secondary N) is 1. The molecule has 1 aromatic carbocycles. The molecule has 0 saturated carbocycles. The minimum atomic E-state index is -0.495. The quantitative estimate of drug-likeness (QED) is 0.359. The van der Waals surface area contributed by atoms with Crippen LogP contribution < -0.4 is 21.1 Å². The molecule has 5 rings (SSSR count). The Morgan fingerprint density at radius 2 is 1.92 bits per heavy atom. The minimum Gasteiger partial charge on any atom is -0.481 e. The van der Waals surface area contributed by atoms with Gasteiger partial charge in [0.1, 0.15) is 11.5 Å². The highest BCUT2D eigenvalue weighted by atomic mass is 35.5. The number of methoxy groups -OCH3 is 1. The second kappa shape index (κ2) is 9.36. The summed E-state index contributed by atoms with van der Waals surface area (Å²) in [6.45, 7) is -0.265. The van der Waals surface area contributed by atoms with Crippen LogP contribution in [-0.4, -0.2) is 36.4 Å². The van der Waals surface area contributed by atoms with Crippen molar-refractivity contribution in [3.05, 3.63) is 87.4 Å². The molecule has 0 atom stereocenters. The van der Waals surface area contributed by atoms with E-state index in [0.717, 1.165) is 0 Å². The van der Waals surface area contributed by atoms with E-state index < -0.39 is 11.5 Å². The minimum absolute atomic E-state index is 0.0248. The van der Waals surface area contributed by atoms with E-state index in [1.54, 1.807) is 36.4 Å². The Morgan fingerprint density at radius 1 is 1.14 bits per heavy atom. The molecular weight excluding hydrogens is 489 g/mol. The molecule has 0 aliphatic carbocycles. The summed E-state index contributed by atoms with van der Waals surface area (Å²) in [5, 5.41) is 14.8. The topological polar surface area (TPSA) is 135 Å². The molecule has 4 heterocycles. The van der Waals surface area contributed by atoms with Gasteiger partial charge in [-0.2, -0.15) is 4.68 Å². The number of rotatable bonds is 6. The fourth-order valence-electron chi connectivity index (χ4n) is 3.90. The smallest absolute Gasteiger partial charge is 0.411 e. The molecule has 0 amide bonds. The van der Waals surface area contributed by atoms with E-state index in [9.17, 15) is 14.3 Å². The highest BCUT2D eigenvalue weighted by Crippen LogP contribution is 2.34. The fraction of sp³-hybridized carbons (Fsp3) is 0.125. The van der Waals surface area contributed by atoms with Crippen LogP contribution in [0.1, 0.15) is 11.4 Å². The van der Waals surface area contributed by atoms with Crippen molar-refractivity contribution in [2.45, 2.75) is 13.2 Å². The first-order valence-electron chi connectivity index (χ1n) is 10.7. The molecule has 36 heavy (non-hydrogen) atoms. The third-order valence-electron chi connectivity index (χ3n) is 5.55. The molecule has 0 radical (unpaired) electrons. The van der Waals surface area contributed by atoms with E-state index in [0.29, 0.717) is 38.8 Å². The number of hydrogen-bond acceptors (Lipinski definition) is 7. The van der Waals surface area contributed by atoms with Crippen LogP contribution in [0.5, 0.6) is 5.88 Å². The number of H-pyrrole nitrogens is 1. The van der Waals surface area contributed by atoms with Crippen LogP contribution in [-0.2, 0) is 13.2 Å². The zero-order valence-electron chi connectivity index (χ0n) is 18.9. The number of hydrogen-bond donors (Lipinski definition) is 2. The van der Waals surface area contributed by atoms with Gasteiger partial charge in [0.2, 0.25) is 11.5 Å². The third-order valence-corrected chi connectivity index (χ3v) is 5.78. The number of nitrogen functional groups attached to an aromatic ring is 1. The van der Waals surface area contributed by atoms with Crippen LogP contribution in [0.15, 0.2) is 59.5 Å². The number of pyridine rings is 2. The number of aliphatic hydroxyl groups excluding tert-OH is 1. The Morgan fingerprint density at radius 3 is 2.58 bits per heavy atom. The van der Waals surface area contributed by atoms with Gasteiger partial charge in [-0.15, -0.1) is 9.50 Å². The molecule has 0 aliphatic heterocycles. The Bertz CT molecular complexity index is 1610. The van der Waals surface area contributed by atoms with Crippen molar-refractivity contribution in [1.82, 2.24) is 24.1 Å². The standard InChI is InChI=1S/C24H19ClFN7O3/c1-36-19-9-14(8-18(12-34)29-19)20-21(13-2-5-16(26)6-3-13)30-23(27)33-22(20)31-32(24(33)35)11-17-7-4-15(25)10-28-17/h2-10,34H,11-12H2,1H3,(H2,27,30)/p+1. The number of nitrogens with zero attached hydrogens (tertiary/aromatic N) is 5. The lowest BCUT2D eigenvalue weighted by molar-refractivity contribution is -0.351. The van der Waals surface area contributed by atoms with Gasteiger partial charge >= 0.3 is 11.6 Å². The zero-order chi connectivity index (χ0) is 25.4. The SMILES string of the molecule is COc1cc(-c2c(-c3ccc(F)cc3)[nH+]c(N)n3c(=O)n(Cc4ccc(Cl)cn4)nc23)cc(CO)n1. The van der Waals surface area contributed by atoms with E-state index in [2.05, 4.69) is 20.1 Å². The van der Waals surface area contributed by atoms with E-state index >= 15 is 0 Å². The molecule has 182 valence electrons. The van der Waals surface area contributed by atoms with Crippen molar-refractivity contribution in [3.8, 4) is 28.3 Å². The normalized spacial score (nSPS) is 11.2. The first-order valence-corrected chi connectivity index (χ1v) is 11.1. The van der Waals surface area contributed by atoms with Crippen molar-refractivity contribution in [2.75, 3.05) is 12.8 Å². The fourth-order valence-corrected chi connectivity index (χ4v) is 4.01. The second-order valence-corrected chi connectivity index (χ2v) is 8.32. The molecule has 0 aliphatic rings. The summed E-state index contributed by atoms with van der Waals surface area (Å²) < 4.78 is 21.5. The Balaban J connectivity index is 1.81. The summed E-state index contributed by atoms with van der Waals surface area (Å²) in [6.07, 6.45) is 1.48. The van der Waals surface area contributed by atoms with Crippen LogP contribution >= 0.6 is 11.6 Å². The summed E-state index contributed by atoms with van der Waals surface area (Å²) >= 11 is 5.93. The van der Waals surface area contributed by atoms with Crippen LogP contribution in [0.4, 0.5) is 10.3 Å². The van der Waals surface area contributed by atoms with Crippen LogP contribution in [0, 0.1) is 5.82 Å². The monoisotopic (exact) mass is 508 g/mol. The first kappa shape index (κ1) is 23.4. The molecule has 0 unspecified atom stereocenters. The van der Waals surface area contributed by atoms with E-state index in [1.807, 2.05) is 0 Å². The number of nitrogens with two attached hydrogens (primary N) is 1. The molecule has 4 N–H and O–H groups in total. The summed E-state index contributed by atoms with van der Waals surface area (Å²) in [4.78, 5) is 24.8. The molecule has 10 nitrogen and oxygen atoms in total. The Labute approximate surface area is 208 Å². The predicted molar refractivity (Wildman–Crippen MR) is 130 cm³/mol. The molecule has 4 aromatic heterocycles. The number of benzene rings is 1. The van der Waals surface area contributed by atoms with Crippen molar-refractivity contribution < 1.29 is 19.2 Å². The van der Waals surface area contributed by atoms with Gasteiger partial charge in [0, 0.05) is 17.8 Å². The number of fused-ring (bicyclic) bond motifs is 1. The maximum absolute atomic E-state index is 13.7. The van der Waals surface area contributed by atoms with Crippen molar-refractivity contribution >= 4 is 23.2 Å². The Hall–Kier alpha value is -4.35. The van der Waals surface area contributed by atoms with Gasteiger partial charge in [-0.25, -0.2) is 19.2 Å². The number of aliphatic hydroxyl groups is 1.